The van der Waals surface area contributed by atoms with E-state index in [9.17, 15) is 13.2 Å². The summed E-state index contributed by atoms with van der Waals surface area (Å²) in [5.41, 5.74) is 1.92. The minimum atomic E-state index is -4.38. The molecule has 0 atom stereocenters. The van der Waals surface area contributed by atoms with Gasteiger partial charge in [0, 0.05) is 47.5 Å². The van der Waals surface area contributed by atoms with Crippen LogP contribution in [0.2, 0.25) is 10.0 Å². The van der Waals surface area contributed by atoms with Gasteiger partial charge in [-0.2, -0.15) is 13.2 Å². The number of rotatable bonds is 6. The van der Waals surface area contributed by atoms with Crippen molar-refractivity contribution in [3.63, 3.8) is 0 Å². The molecule has 0 amide bonds. The number of alkyl halides is 3. The van der Waals surface area contributed by atoms with Crippen molar-refractivity contribution in [1.82, 2.24) is 19.4 Å². The van der Waals surface area contributed by atoms with Crippen LogP contribution in [-0.4, -0.2) is 25.9 Å². The first-order chi connectivity index (χ1) is 14.8. The second kappa shape index (κ2) is 8.72. The Balaban J connectivity index is 1.46. The molecule has 0 radical (unpaired) electrons. The molecule has 0 spiro atoms. The molecule has 0 bridgehead atoms. The van der Waals surface area contributed by atoms with Crippen molar-refractivity contribution in [2.75, 3.05) is 11.9 Å². The van der Waals surface area contributed by atoms with Gasteiger partial charge in [0.25, 0.3) is 0 Å². The predicted octanol–water partition coefficient (Wildman–Crippen LogP) is 6.16. The lowest BCUT2D eigenvalue weighted by molar-refractivity contribution is -0.137. The Bertz CT molecular complexity index is 1210. The summed E-state index contributed by atoms with van der Waals surface area (Å²) in [4.78, 5) is 12.9. The smallest absolute Gasteiger partial charge is 0.355 e. The lowest BCUT2D eigenvalue weighted by atomic mass is 10.1. The van der Waals surface area contributed by atoms with Crippen LogP contribution in [0.15, 0.2) is 55.0 Å². The maximum Gasteiger partial charge on any atom is 0.417 e. The number of imidazole rings is 1. The quantitative estimate of drug-likeness (QED) is 0.346. The van der Waals surface area contributed by atoms with Crippen LogP contribution in [0.1, 0.15) is 17.7 Å². The molecule has 0 aliphatic rings. The van der Waals surface area contributed by atoms with E-state index in [4.69, 9.17) is 23.2 Å². The largest absolute Gasteiger partial charge is 0.417 e. The number of fused-ring (bicyclic) bond motifs is 1. The molecular weight excluding hydrogens is 450 g/mol. The van der Waals surface area contributed by atoms with Gasteiger partial charge in [-0.15, -0.1) is 0 Å². The number of hydrogen-bond acceptors (Lipinski definition) is 4. The molecule has 3 aromatic heterocycles. The second-order valence-electron chi connectivity index (χ2n) is 6.81. The van der Waals surface area contributed by atoms with Gasteiger partial charge in [-0.1, -0.05) is 23.2 Å². The van der Waals surface area contributed by atoms with Crippen molar-refractivity contribution < 1.29 is 13.2 Å². The number of halogens is 5. The Morgan fingerprint density at radius 1 is 1.03 bits per heavy atom. The van der Waals surface area contributed by atoms with E-state index in [-0.39, 0.29) is 0 Å². The van der Waals surface area contributed by atoms with Gasteiger partial charge >= 0.3 is 6.18 Å². The van der Waals surface area contributed by atoms with E-state index in [1.165, 1.54) is 6.07 Å². The topological polar surface area (TPSA) is 55.1 Å². The first kappa shape index (κ1) is 21.4. The van der Waals surface area contributed by atoms with Gasteiger partial charge in [0.15, 0.2) is 0 Å². The van der Waals surface area contributed by atoms with E-state index >= 15 is 0 Å². The number of nitrogens with one attached hydrogen (secondary N) is 1. The summed E-state index contributed by atoms with van der Waals surface area (Å²) < 4.78 is 39.7. The maximum absolute atomic E-state index is 12.6. The molecule has 4 rings (SSSR count). The van der Waals surface area contributed by atoms with E-state index in [1.54, 1.807) is 30.6 Å². The van der Waals surface area contributed by atoms with E-state index < -0.39 is 11.7 Å². The summed E-state index contributed by atoms with van der Waals surface area (Å²) in [6.45, 7) is 0.542. The summed E-state index contributed by atoms with van der Waals surface area (Å²) in [5, 5.41) is 4.27. The van der Waals surface area contributed by atoms with Gasteiger partial charge in [0.1, 0.15) is 5.65 Å². The van der Waals surface area contributed by atoms with Gasteiger partial charge in [-0.3, -0.25) is 9.38 Å². The zero-order valence-electron chi connectivity index (χ0n) is 16.0. The third-order valence-electron chi connectivity index (χ3n) is 4.64. The first-order valence-corrected chi connectivity index (χ1v) is 10.1. The minimum Gasteiger partial charge on any atom is -0.355 e. The standard InChI is InChI=1S/C21H16Cl2F3N5/c22-14-4-6-16(17(23)10-14)18-11-19-27-8-9-31(19)20(30-18)28-7-1-2-15-5-3-13(12-29-15)21(24,25)26/h3-6,8-12H,1-2,7H2,(H,28,30). The van der Waals surface area contributed by atoms with Crippen molar-refractivity contribution >= 4 is 34.8 Å². The van der Waals surface area contributed by atoms with Crippen LogP contribution >= 0.6 is 23.2 Å². The SMILES string of the molecule is FC(F)(F)c1ccc(CCCNc2nc(-c3ccc(Cl)cc3Cl)cc3nccn23)nc1. The minimum absolute atomic E-state index is 0.482. The van der Waals surface area contributed by atoms with Gasteiger partial charge in [-0.05, 0) is 43.2 Å². The van der Waals surface area contributed by atoms with Crippen molar-refractivity contribution in [3.8, 4) is 11.3 Å². The average molecular weight is 466 g/mol. The van der Waals surface area contributed by atoms with Gasteiger partial charge in [0.2, 0.25) is 5.95 Å². The third-order valence-corrected chi connectivity index (χ3v) is 5.19. The molecule has 1 N–H and O–H groups in total. The fourth-order valence-corrected chi connectivity index (χ4v) is 3.60. The van der Waals surface area contributed by atoms with Crippen molar-refractivity contribution in [2.24, 2.45) is 0 Å². The number of aryl methyl sites for hydroxylation is 1. The number of nitrogens with zero attached hydrogens (tertiary/aromatic N) is 4. The number of benzene rings is 1. The molecule has 0 fully saturated rings. The predicted molar refractivity (Wildman–Crippen MR) is 114 cm³/mol. The summed E-state index contributed by atoms with van der Waals surface area (Å²) >= 11 is 12.3. The Morgan fingerprint density at radius 3 is 2.58 bits per heavy atom. The van der Waals surface area contributed by atoms with E-state index in [0.717, 1.165) is 17.8 Å². The highest BCUT2D eigenvalue weighted by Crippen LogP contribution is 2.31. The van der Waals surface area contributed by atoms with Crippen LogP contribution < -0.4 is 5.32 Å². The molecule has 3 heterocycles. The molecule has 4 aromatic rings. The molecule has 5 nitrogen and oxygen atoms in total. The monoisotopic (exact) mass is 465 g/mol. The molecule has 160 valence electrons. The first-order valence-electron chi connectivity index (χ1n) is 9.37. The van der Waals surface area contributed by atoms with Crippen LogP contribution in [0, 0.1) is 0 Å². The van der Waals surface area contributed by atoms with Crippen LogP contribution in [0.5, 0.6) is 0 Å². The van der Waals surface area contributed by atoms with Crippen molar-refractivity contribution in [3.05, 3.63) is 76.3 Å². The van der Waals surface area contributed by atoms with Crippen molar-refractivity contribution in [1.29, 1.82) is 0 Å². The Hall–Kier alpha value is -2.84. The summed E-state index contributed by atoms with van der Waals surface area (Å²) in [7, 11) is 0. The highest BCUT2D eigenvalue weighted by atomic mass is 35.5. The Labute approximate surface area is 185 Å². The lowest BCUT2D eigenvalue weighted by Gasteiger charge is -2.11. The molecular formula is C21H16Cl2F3N5. The highest BCUT2D eigenvalue weighted by molar-refractivity contribution is 6.36. The molecule has 0 aliphatic heterocycles. The van der Waals surface area contributed by atoms with Crippen LogP contribution in [0.3, 0.4) is 0 Å². The zero-order valence-corrected chi connectivity index (χ0v) is 17.5. The Morgan fingerprint density at radius 2 is 1.87 bits per heavy atom. The van der Waals surface area contributed by atoms with Gasteiger partial charge in [-0.25, -0.2) is 9.97 Å². The summed E-state index contributed by atoms with van der Waals surface area (Å²) in [6, 6.07) is 9.47. The lowest BCUT2D eigenvalue weighted by Crippen LogP contribution is -2.10. The number of hydrogen-bond donors (Lipinski definition) is 1. The van der Waals surface area contributed by atoms with E-state index in [1.807, 2.05) is 10.5 Å². The maximum atomic E-state index is 12.6. The zero-order chi connectivity index (χ0) is 22.0. The fraction of sp³-hybridized carbons (Fsp3) is 0.190. The number of anilines is 1. The molecule has 10 heteroatoms. The molecule has 0 saturated carbocycles. The summed E-state index contributed by atoms with van der Waals surface area (Å²) in [6.07, 6.45) is 1.12. The summed E-state index contributed by atoms with van der Waals surface area (Å²) in [5.74, 6) is 0.580. The number of aromatic nitrogens is 4. The third kappa shape index (κ3) is 4.91. The Kier molecular flexibility index (Phi) is 6.02. The molecule has 0 saturated heterocycles. The van der Waals surface area contributed by atoms with Crippen LogP contribution in [0.4, 0.5) is 19.1 Å². The molecule has 1 aromatic carbocycles. The molecule has 0 unspecified atom stereocenters. The highest BCUT2D eigenvalue weighted by Gasteiger charge is 2.30. The number of pyridine rings is 1. The fourth-order valence-electron chi connectivity index (χ4n) is 3.09. The van der Waals surface area contributed by atoms with Gasteiger partial charge in [0.05, 0.1) is 16.3 Å². The van der Waals surface area contributed by atoms with E-state index in [2.05, 4.69) is 20.3 Å². The molecule has 0 aliphatic carbocycles. The van der Waals surface area contributed by atoms with Crippen LogP contribution in [0.25, 0.3) is 16.9 Å². The van der Waals surface area contributed by atoms with Crippen LogP contribution in [-0.2, 0) is 12.6 Å². The van der Waals surface area contributed by atoms with Gasteiger partial charge < -0.3 is 5.32 Å². The average Bonchev–Trinajstić information content (AvgIpc) is 3.19. The molecule has 31 heavy (non-hydrogen) atoms. The van der Waals surface area contributed by atoms with E-state index in [0.29, 0.717) is 52.4 Å². The normalized spacial score (nSPS) is 11.8. The second-order valence-corrected chi connectivity index (χ2v) is 7.65. The van der Waals surface area contributed by atoms with Crippen molar-refractivity contribution in [2.45, 2.75) is 19.0 Å².